The number of nitro benzene ring substituents is 1. The smallest absolute Gasteiger partial charge is 0.307 e. The highest BCUT2D eigenvalue weighted by atomic mass is 16.6. The van der Waals surface area contributed by atoms with Gasteiger partial charge in [0.1, 0.15) is 0 Å². The number of hydrogen-bond donors (Lipinski definition) is 1. The van der Waals surface area contributed by atoms with Gasteiger partial charge in [-0.2, -0.15) is 0 Å². The van der Waals surface area contributed by atoms with Crippen LogP contribution in [0.4, 0.5) is 5.69 Å². The third-order valence-corrected chi connectivity index (χ3v) is 7.62. The summed E-state index contributed by atoms with van der Waals surface area (Å²) in [7, 11) is 0. The van der Waals surface area contributed by atoms with E-state index in [4.69, 9.17) is 0 Å². The third-order valence-electron chi connectivity index (χ3n) is 7.62. The molecule has 0 radical (unpaired) electrons. The van der Waals surface area contributed by atoms with Crippen LogP contribution >= 0.6 is 0 Å². The average Bonchev–Trinajstić information content (AvgIpc) is 3.12. The minimum absolute atomic E-state index is 0.0330. The molecule has 1 aliphatic carbocycles. The van der Waals surface area contributed by atoms with Crippen LogP contribution in [0.2, 0.25) is 0 Å². The fraction of sp³-hybridized carbons (Fsp3) is 0.385. The number of carboxylic acid groups (broad SMARTS) is 1. The van der Waals surface area contributed by atoms with E-state index < -0.39 is 40.6 Å². The number of carboxylic acids is 1. The molecule has 1 fully saturated rings. The van der Waals surface area contributed by atoms with Crippen LogP contribution in [0.15, 0.2) is 42.5 Å². The summed E-state index contributed by atoms with van der Waals surface area (Å²) >= 11 is 0. The number of rotatable bonds is 5. The zero-order valence-corrected chi connectivity index (χ0v) is 19.5. The van der Waals surface area contributed by atoms with E-state index in [9.17, 15) is 34.4 Å². The monoisotopic (exact) mass is 491 g/mol. The predicted molar refractivity (Wildman–Crippen MR) is 126 cm³/mol. The highest BCUT2D eigenvalue weighted by Crippen LogP contribution is 2.38. The zero-order chi connectivity index (χ0) is 25.6. The Labute approximate surface area is 206 Å². The molecule has 10 nitrogen and oxygen atoms in total. The topological polar surface area (TPSA) is 138 Å². The molecule has 3 amide bonds. The summed E-state index contributed by atoms with van der Waals surface area (Å²) in [5.74, 6) is -3.88. The molecule has 3 atom stereocenters. The number of nitrogens with zero attached hydrogens (tertiary/aromatic N) is 3. The van der Waals surface area contributed by atoms with E-state index in [1.165, 1.54) is 12.1 Å². The van der Waals surface area contributed by atoms with Gasteiger partial charge in [-0.25, -0.2) is 0 Å². The third kappa shape index (κ3) is 3.92. The van der Waals surface area contributed by atoms with Gasteiger partial charge in [-0.15, -0.1) is 0 Å². The summed E-state index contributed by atoms with van der Waals surface area (Å²) in [6, 6.07) is 10.4. The molecule has 0 aromatic heterocycles. The van der Waals surface area contributed by atoms with Crippen LogP contribution in [0.3, 0.4) is 0 Å². The molecular formula is C26H25N3O7. The fourth-order valence-electron chi connectivity index (χ4n) is 5.78. The van der Waals surface area contributed by atoms with E-state index in [0.717, 1.165) is 34.9 Å². The number of imide groups is 1. The van der Waals surface area contributed by atoms with Gasteiger partial charge in [0.25, 0.3) is 17.5 Å². The maximum atomic E-state index is 13.8. The van der Waals surface area contributed by atoms with Crippen molar-refractivity contribution in [3.05, 3.63) is 74.8 Å². The highest BCUT2D eigenvalue weighted by molar-refractivity contribution is 6.21. The van der Waals surface area contributed by atoms with Gasteiger partial charge in [-0.1, -0.05) is 37.1 Å². The summed E-state index contributed by atoms with van der Waals surface area (Å²) in [4.78, 5) is 65.2. The number of aliphatic carboxylic acids is 1. The molecule has 2 aromatic carbocycles. The Morgan fingerprint density at radius 2 is 1.69 bits per heavy atom. The first-order valence-electron chi connectivity index (χ1n) is 12.0. The van der Waals surface area contributed by atoms with Crippen molar-refractivity contribution < 1.29 is 29.2 Å². The molecule has 1 unspecified atom stereocenters. The standard InChI is InChI=1S/C26H25N3O7/c30-23(18-7-3-4-8-20(18)26(33)34)27-12-11-15-5-1-2-6-17(15)22(27)14-28-24(31)19-10-9-16(29(35)36)13-21(19)25(28)32/h1-2,5-6,9-10,13,18,20,22H,3-4,7-8,11-12,14H2,(H,33,34)/t18-,20+,22?/m0/s1. The Hall–Kier alpha value is -4.08. The minimum atomic E-state index is -0.982. The number of carbonyl (C=O) groups excluding carboxylic acids is 3. The van der Waals surface area contributed by atoms with Crippen molar-refractivity contribution >= 4 is 29.4 Å². The minimum Gasteiger partial charge on any atom is -0.481 e. The number of fused-ring (bicyclic) bond motifs is 2. The first kappa shape index (κ1) is 23.7. The molecule has 2 aliphatic heterocycles. The van der Waals surface area contributed by atoms with Gasteiger partial charge in [0, 0.05) is 18.7 Å². The molecule has 1 saturated carbocycles. The van der Waals surface area contributed by atoms with E-state index in [1.807, 2.05) is 24.3 Å². The lowest BCUT2D eigenvalue weighted by Gasteiger charge is -2.42. The maximum Gasteiger partial charge on any atom is 0.307 e. The van der Waals surface area contributed by atoms with Crippen LogP contribution in [0.1, 0.15) is 63.6 Å². The molecule has 5 rings (SSSR count). The molecule has 0 bridgehead atoms. The molecule has 3 aliphatic rings. The van der Waals surface area contributed by atoms with Gasteiger partial charge in [-0.3, -0.25) is 34.2 Å². The van der Waals surface area contributed by atoms with Crippen molar-refractivity contribution in [2.24, 2.45) is 11.8 Å². The Kier molecular flexibility index (Phi) is 6.03. The summed E-state index contributed by atoms with van der Waals surface area (Å²) in [5.41, 5.74) is 1.58. The van der Waals surface area contributed by atoms with Crippen LogP contribution in [-0.2, 0) is 16.0 Å². The number of nitro groups is 1. The van der Waals surface area contributed by atoms with Crippen molar-refractivity contribution in [3.63, 3.8) is 0 Å². The van der Waals surface area contributed by atoms with Crippen LogP contribution in [-0.4, -0.2) is 56.6 Å². The molecule has 186 valence electrons. The largest absolute Gasteiger partial charge is 0.481 e. The van der Waals surface area contributed by atoms with Crippen LogP contribution in [0.25, 0.3) is 0 Å². The number of hydrogen-bond acceptors (Lipinski definition) is 6. The molecule has 0 saturated heterocycles. The molecular weight excluding hydrogens is 466 g/mol. The second-order valence-electron chi connectivity index (χ2n) is 9.54. The molecule has 0 spiro atoms. The fourth-order valence-corrected chi connectivity index (χ4v) is 5.78. The van der Waals surface area contributed by atoms with Crippen LogP contribution in [0.5, 0.6) is 0 Å². The van der Waals surface area contributed by atoms with Crippen molar-refractivity contribution in [3.8, 4) is 0 Å². The molecule has 1 N–H and O–H groups in total. The molecule has 36 heavy (non-hydrogen) atoms. The second-order valence-corrected chi connectivity index (χ2v) is 9.54. The van der Waals surface area contributed by atoms with E-state index in [0.29, 0.717) is 25.8 Å². The molecule has 2 aromatic rings. The summed E-state index contributed by atoms with van der Waals surface area (Å²) < 4.78 is 0. The number of benzene rings is 2. The Morgan fingerprint density at radius 3 is 2.42 bits per heavy atom. The van der Waals surface area contributed by atoms with Gasteiger partial charge >= 0.3 is 5.97 Å². The van der Waals surface area contributed by atoms with Gasteiger partial charge < -0.3 is 10.0 Å². The molecule has 2 heterocycles. The van der Waals surface area contributed by atoms with Crippen LogP contribution in [0, 0.1) is 22.0 Å². The van der Waals surface area contributed by atoms with Crippen molar-refractivity contribution in [1.29, 1.82) is 0 Å². The van der Waals surface area contributed by atoms with Gasteiger partial charge in [0.2, 0.25) is 5.91 Å². The van der Waals surface area contributed by atoms with Gasteiger partial charge in [0.15, 0.2) is 0 Å². The van der Waals surface area contributed by atoms with Crippen molar-refractivity contribution in [1.82, 2.24) is 9.80 Å². The maximum absolute atomic E-state index is 13.8. The van der Waals surface area contributed by atoms with E-state index in [-0.39, 0.29) is 29.3 Å². The average molecular weight is 492 g/mol. The number of carbonyl (C=O) groups is 4. The first-order valence-corrected chi connectivity index (χ1v) is 12.0. The Bertz CT molecular complexity index is 1290. The van der Waals surface area contributed by atoms with E-state index in [1.54, 1.807) is 4.90 Å². The lowest BCUT2D eigenvalue weighted by molar-refractivity contribution is -0.384. The van der Waals surface area contributed by atoms with E-state index >= 15 is 0 Å². The highest BCUT2D eigenvalue weighted by Gasteiger charge is 2.44. The van der Waals surface area contributed by atoms with Crippen molar-refractivity contribution in [2.75, 3.05) is 13.1 Å². The molecule has 10 heteroatoms. The van der Waals surface area contributed by atoms with Crippen molar-refractivity contribution in [2.45, 2.75) is 38.1 Å². The number of amides is 3. The zero-order valence-electron chi connectivity index (χ0n) is 19.5. The second kappa shape index (κ2) is 9.18. The van der Waals surface area contributed by atoms with E-state index in [2.05, 4.69) is 0 Å². The predicted octanol–water partition coefficient (Wildman–Crippen LogP) is 3.21. The Balaban J connectivity index is 1.48. The van der Waals surface area contributed by atoms with Crippen LogP contribution < -0.4 is 0 Å². The lowest BCUT2D eigenvalue weighted by atomic mass is 9.77. The van der Waals surface area contributed by atoms with Gasteiger partial charge in [-0.05, 0) is 36.5 Å². The quantitative estimate of drug-likeness (QED) is 0.385. The Morgan fingerprint density at radius 1 is 1.00 bits per heavy atom. The first-order chi connectivity index (χ1) is 17.3. The number of non-ortho nitro benzene ring substituents is 1. The SMILES string of the molecule is O=C(O)[C@@H]1CCCC[C@@H]1C(=O)N1CCc2ccccc2C1CN1C(=O)c2ccc([N+](=O)[O-])cc2C1=O. The summed E-state index contributed by atoms with van der Waals surface area (Å²) in [5, 5.41) is 20.9. The lowest BCUT2D eigenvalue weighted by Crippen LogP contribution is -2.50. The van der Waals surface area contributed by atoms with Gasteiger partial charge in [0.05, 0.1) is 40.5 Å². The normalized spacial score (nSPS) is 23.3. The summed E-state index contributed by atoms with van der Waals surface area (Å²) in [6.07, 6.45) is 3.03. The summed E-state index contributed by atoms with van der Waals surface area (Å²) in [6.45, 7) is 0.228.